The number of nitrogens with zero attached hydrogens (tertiary/aromatic N) is 1. The first-order valence-corrected chi connectivity index (χ1v) is 8.91. The molecule has 1 saturated carbocycles. The molecule has 1 aromatic carbocycles. The standard InChI is InChI=1S/C19H23FN2O2/c20-16-10-15-18(11-17(16)21-13-4-2-1-3-5-13)22(8-6-19(15)23)14-7-9-24-12-14/h6,8,10-11,13-14,21H,1-5,7,9,12H2/t14-/m1/s1. The minimum atomic E-state index is -0.342. The van der Waals surface area contributed by atoms with Crippen molar-refractivity contribution in [3.8, 4) is 0 Å². The third-order valence-corrected chi connectivity index (χ3v) is 5.28. The van der Waals surface area contributed by atoms with E-state index in [0.717, 1.165) is 31.4 Å². The van der Waals surface area contributed by atoms with Crippen LogP contribution < -0.4 is 10.7 Å². The zero-order chi connectivity index (χ0) is 16.5. The Morgan fingerprint density at radius 2 is 2.00 bits per heavy atom. The predicted octanol–water partition coefficient (Wildman–Crippen LogP) is 3.85. The molecular weight excluding hydrogens is 307 g/mol. The number of ether oxygens (including phenoxy) is 1. The van der Waals surface area contributed by atoms with Crippen LogP contribution in [0.3, 0.4) is 0 Å². The van der Waals surface area contributed by atoms with E-state index in [4.69, 9.17) is 4.74 Å². The maximum Gasteiger partial charge on any atom is 0.189 e. The molecule has 128 valence electrons. The van der Waals surface area contributed by atoms with E-state index in [0.29, 0.717) is 23.7 Å². The highest BCUT2D eigenvalue weighted by Crippen LogP contribution is 2.28. The molecule has 5 heteroatoms. The molecule has 2 heterocycles. The van der Waals surface area contributed by atoms with Crippen molar-refractivity contribution in [3.05, 3.63) is 40.4 Å². The van der Waals surface area contributed by atoms with Gasteiger partial charge in [-0.3, -0.25) is 4.79 Å². The fourth-order valence-corrected chi connectivity index (χ4v) is 3.93. The van der Waals surface area contributed by atoms with E-state index in [1.807, 2.05) is 6.20 Å². The monoisotopic (exact) mass is 330 g/mol. The Bertz CT molecular complexity index is 790. The summed E-state index contributed by atoms with van der Waals surface area (Å²) < 4.78 is 22.1. The number of rotatable bonds is 3. The number of fused-ring (bicyclic) bond motifs is 1. The van der Waals surface area contributed by atoms with E-state index in [1.54, 1.807) is 6.07 Å². The molecule has 1 atom stereocenters. The first-order valence-electron chi connectivity index (χ1n) is 8.91. The van der Waals surface area contributed by atoms with E-state index < -0.39 is 0 Å². The number of hydrogen-bond donors (Lipinski definition) is 1. The van der Waals surface area contributed by atoms with Crippen LogP contribution in [0.1, 0.15) is 44.6 Å². The van der Waals surface area contributed by atoms with Gasteiger partial charge in [-0.15, -0.1) is 0 Å². The molecule has 1 aromatic heterocycles. The molecule has 24 heavy (non-hydrogen) atoms. The summed E-state index contributed by atoms with van der Waals surface area (Å²) in [5.74, 6) is -0.342. The Morgan fingerprint density at radius 1 is 1.17 bits per heavy atom. The molecule has 1 aliphatic heterocycles. The SMILES string of the molecule is O=c1ccn([C@@H]2CCOC2)c2cc(NC3CCCCC3)c(F)cc12. The van der Waals surface area contributed by atoms with Crippen LogP contribution in [0.4, 0.5) is 10.1 Å². The van der Waals surface area contributed by atoms with E-state index >= 15 is 0 Å². The molecule has 4 nitrogen and oxygen atoms in total. The van der Waals surface area contributed by atoms with Crippen molar-refractivity contribution in [2.75, 3.05) is 18.5 Å². The number of aromatic nitrogens is 1. The van der Waals surface area contributed by atoms with Gasteiger partial charge in [0.15, 0.2) is 5.43 Å². The maximum absolute atomic E-state index is 14.5. The number of nitrogens with one attached hydrogen (secondary N) is 1. The topological polar surface area (TPSA) is 43.3 Å². The second-order valence-electron chi connectivity index (χ2n) is 6.93. The number of pyridine rings is 1. The van der Waals surface area contributed by atoms with Crippen LogP contribution in [0.15, 0.2) is 29.2 Å². The lowest BCUT2D eigenvalue weighted by Gasteiger charge is -2.25. The van der Waals surface area contributed by atoms with Crippen LogP contribution in [0.25, 0.3) is 10.9 Å². The molecule has 1 aliphatic carbocycles. The first kappa shape index (κ1) is 15.6. The van der Waals surface area contributed by atoms with Gasteiger partial charge in [0.1, 0.15) is 5.82 Å². The van der Waals surface area contributed by atoms with Gasteiger partial charge in [-0.2, -0.15) is 0 Å². The van der Waals surface area contributed by atoms with Crippen LogP contribution >= 0.6 is 0 Å². The van der Waals surface area contributed by atoms with Gasteiger partial charge in [0.05, 0.1) is 23.9 Å². The molecule has 2 aromatic rings. The Morgan fingerprint density at radius 3 is 2.75 bits per heavy atom. The van der Waals surface area contributed by atoms with Crippen LogP contribution in [0.5, 0.6) is 0 Å². The van der Waals surface area contributed by atoms with Crippen molar-refractivity contribution in [2.24, 2.45) is 0 Å². The van der Waals surface area contributed by atoms with Crippen LogP contribution in [0, 0.1) is 5.82 Å². The quantitative estimate of drug-likeness (QED) is 0.930. The van der Waals surface area contributed by atoms with Gasteiger partial charge in [-0.25, -0.2) is 4.39 Å². The zero-order valence-corrected chi connectivity index (χ0v) is 13.8. The normalized spacial score (nSPS) is 22.1. The summed E-state index contributed by atoms with van der Waals surface area (Å²) >= 11 is 0. The van der Waals surface area contributed by atoms with E-state index in [9.17, 15) is 9.18 Å². The van der Waals surface area contributed by atoms with Gasteiger partial charge >= 0.3 is 0 Å². The number of anilines is 1. The molecule has 0 amide bonds. The van der Waals surface area contributed by atoms with E-state index in [1.165, 1.54) is 31.4 Å². The molecule has 0 spiro atoms. The van der Waals surface area contributed by atoms with Crippen molar-refractivity contribution < 1.29 is 9.13 Å². The van der Waals surface area contributed by atoms with Crippen molar-refractivity contribution in [3.63, 3.8) is 0 Å². The second kappa shape index (κ2) is 6.55. The highest BCUT2D eigenvalue weighted by Gasteiger charge is 2.21. The Labute approximate surface area is 140 Å². The van der Waals surface area contributed by atoms with Gasteiger partial charge in [0.2, 0.25) is 0 Å². The van der Waals surface area contributed by atoms with Crippen LogP contribution in [0.2, 0.25) is 0 Å². The fraction of sp³-hybridized carbons (Fsp3) is 0.526. The molecule has 0 radical (unpaired) electrons. The lowest BCUT2D eigenvalue weighted by molar-refractivity contribution is 0.187. The molecule has 2 aliphatic rings. The molecule has 2 fully saturated rings. The minimum absolute atomic E-state index is 0.136. The summed E-state index contributed by atoms with van der Waals surface area (Å²) in [7, 11) is 0. The summed E-state index contributed by atoms with van der Waals surface area (Å²) in [5, 5.41) is 3.80. The molecule has 0 bridgehead atoms. The molecule has 1 saturated heterocycles. The van der Waals surface area contributed by atoms with Gasteiger partial charge < -0.3 is 14.6 Å². The number of hydrogen-bond acceptors (Lipinski definition) is 3. The highest BCUT2D eigenvalue weighted by molar-refractivity contribution is 5.83. The van der Waals surface area contributed by atoms with E-state index in [-0.39, 0.29) is 17.3 Å². The van der Waals surface area contributed by atoms with Gasteiger partial charge in [0, 0.05) is 30.3 Å². The van der Waals surface area contributed by atoms with Crippen molar-refractivity contribution >= 4 is 16.6 Å². The van der Waals surface area contributed by atoms with Gasteiger partial charge in [-0.1, -0.05) is 19.3 Å². The Hall–Kier alpha value is -1.88. The smallest absolute Gasteiger partial charge is 0.189 e. The van der Waals surface area contributed by atoms with Crippen LogP contribution in [-0.4, -0.2) is 23.8 Å². The van der Waals surface area contributed by atoms with Crippen molar-refractivity contribution in [1.82, 2.24) is 4.57 Å². The summed E-state index contributed by atoms with van der Waals surface area (Å²) in [6.45, 7) is 1.37. The number of halogens is 1. The van der Waals surface area contributed by atoms with Gasteiger partial charge in [0.25, 0.3) is 0 Å². The first-order chi connectivity index (χ1) is 11.7. The lowest BCUT2D eigenvalue weighted by atomic mass is 9.95. The maximum atomic E-state index is 14.5. The van der Waals surface area contributed by atoms with Crippen LogP contribution in [-0.2, 0) is 4.74 Å². The average molecular weight is 330 g/mol. The molecular formula is C19H23FN2O2. The summed E-state index contributed by atoms with van der Waals surface area (Å²) in [4.78, 5) is 12.2. The summed E-state index contributed by atoms with van der Waals surface area (Å²) in [5.41, 5.74) is 1.16. The van der Waals surface area contributed by atoms with Gasteiger partial charge in [-0.05, 0) is 31.4 Å². The molecule has 1 N–H and O–H groups in total. The Balaban J connectivity index is 1.76. The van der Waals surface area contributed by atoms with Crippen molar-refractivity contribution in [1.29, 1.82) is 0 Å². The third kappa shape index (κ3) is 2.93. The van der Waals surface area contributed by atoms with Crippen molar-refractivity contribution in [2.45, 2.75) is 50.6 Å². The highest BCUT2D eigenvalue weighted by atomic mass is 19.1. The lowest BCUT2D eigenvalue weighted by Crippen LogP contribution is -2.23. The minimum Gasteiger partial charge on any atom is -0.380 e. The third-order valence-electron chi connectivity index (χ3n) is 5.28. The molecule has 4 rings (SSSR count). The summed E-state index contributed by atoms with van der Waals surface area (Å²) in [6.07, 6.45) is 8.53. The largest absolute Gasteiger partial charge is 0.380 e. The average Bonchev–Trinajstić information content (AvgIpc) is 3.12. The summed E-state index contributed by atoms with van der Waals surface area (Å²) in [6, 6.07) is 5.24. The van der Waals surface area contributed by atoms with E-state index in [2.05, 4.69) is 9.88 Å². The molecule has 0 unspecified atom stereocenters. The zero-order valence-electron chi connectivity index (χ0n) is 13.8. The Kier molecular flexibility index (Phi) is 4.27. The second-order valence-corrected chi connectivity index (χ2v) is 6.93. The predicted molar refractivity (Wildman–Crippen MR) is 93.1 cm³/mol. The fourth-order valence-electron chi connectivity index (χ4n) is 3.93. The number of benzene rings is 1.